The minimum absolute atomic E-state index is 0.00450. The van der Waals surface area contributed by atoms with Crippen LogP contribution in [-0.4, -0.2) is 45.1 Å². The minimum Gasteiger partial charge on any atom is -0.495 e. The average Bonchev–Trinajstić information content (AvgIpc) is 2.86. The smallest absolute Gasteiger partial charge is 0.243 e. The van der Waals surface area contributed by atoms with Gasteiger partial charge in [-0.15, -0.1) is 11.8 Å². The summed E-state index contributed by atoms with van der Waals surface area (Å²) in [5.74, 6) is -0.0109. The summed E-state index contributed by atoms with van der Waals surface area (Å²) in [5, 5.41) is 3.10. The lowest BCUT2D eigenvalue weighted by molar-refractivity contribution is -0.121. The van der Waals surface area contributed by atoms with Crippen molar-refractivity contribution in [3.8, 4) is 5.75 Å². The summed E-state index contributed by atoms with van der Waals surface area (Å²) in [6.07, 6.45) is 2.46. The second-order valence-corrected chi connectivity index (χ2v) is 11.2. The third-order valence-corrected chi connectivity index (χ3v) is 8.45. The van der Waals surface area contributed by atoms with Crippen LogP contribution in [0, 0.1) is 0 Å². The highest BCUT2D eigenvalue weighted by molar-refractivity contribution is 7.98. The van der Waals surface area contributed by atoms with Crippen molar-refractivity contribution in [3.63, 3.8) is 0 Å². The van der Waals surface area contributed by atoms with E-state index < -0.39 is 10.0 Å². The maximum Gasteiger partial charge on any atom is 0.243 e. The summed E-state index contributed by atoms with van der Waals surface area (Å²) >= 11 is 7.83. The first-order valence-corrected chi connectivity index (χ1v) is 14.1. The molecule has 0 spiro atoms. The lowest BCUT2D eigenvalue weighted by Gasteiger charge is -2.23. The number of rotatable bonds is 11. The van der Waals surface area contributed by atoms with Crippen LogP contribution in [0.15, 0.2) is 82.6 Å². The van der Waals surface area contributed by atoms with Gasteiger partial charge in [0.05, 0.1) is 29.6 Å². The van der Waals surface area contributed by atoms with Crippen LogP contribution in [0.1, 0.15) is 24.1 Å². The van der Waals surface area contributed by atoms with Gasteiger partial charge in [0.25, 0.3) is 0 Å². The molecule has 6 nitrogen and oxygen atoms in total. The first-order chi connectivity index (χ1) is 16.7. The Labute approximate surface area is 216 Å². The number of nitrogens with one attached hydrogen (secondary N) is 1. The fourth-order valence-corrected chi connectivity index (χ4v) is 5.72. The molecule has 0 aliphatic heterocycles. The zero-order valence-corrected chi connectivity index (χ0v) is 22.3. The Morgan fingerprint density at radius 3 is 2.37 bits per heavy atom. The fraction of sp³-hybridized carbons (Fsp3) is 0.269. The predicted molar refractivity (Wildman–Crippen MR) is 142 cm³/mol. The quantitative estimate of drug-likeness (QED) is 0.344. The number of benzene rings is 3. The van der Waals surface area contributed by atoms with Crippen LogP contribution in [-0.2, 0) is 21.2 Å². The number of nitrogens with zero attached hydrogens (tertiary/aromatic N) is 1. The van der Waals surface area contributed by atoms with E-state index in [-0.39, 0.29) is 35.0 Å². The maximum absolute atomic E-state index is 13.5. The molecule has 0 aliphatic rings. The van der Waals surface area contributed by atoms with Crippen molar-refractivity contribution in [2.45, 2.75) is 29.2 Å². The molecule has 0 unspecified atom stereocenters. The average molecular weight is 533 g/mol. The number of hydrogen-bond acceptors (Lipinski definition) is 5. The van der Waals surface area contributed by atoms with Gasteiger partial charge in [-0.25, -0.2) is 8.42 Å². The second-order valence-electron chi connectivity index (χ2n) is 7.93. The highest BCUT2D eigenvalue weighted by Crippen LogP contribution is 2.28. The number of carbonyl (C=O) groups excluding carboxylic acids is 1. The molecule has 3 rings (SSSR count). The van der Waals surface area contributed by atoms with Gasteiger partial charge in [0.2, 0.25) is 15.9 Å². The molecule has 9 heteroatoms. The molecular weight excluding hydrogens is 504 g/mol. The van der Waals surface area contributed by atoms with E-state index in [0.29, 0.717) is 12.2 Å². The van der Waals surface area contributed by atoms with Gasteiger partial charge < -0.3 is 10.1 Å². The van der Waals surface area contributed by atoms with Gasteiger partial charge in [0.1, 0.15) is 5.75 Å². The van der Waals surface area contributed by atoms with Gasteiger partial charge in [-0.3, -0.25) is 4.79 Å². The Balaban J connectivity index is 1.80. The normalized spacial score (nSPS) is 12.4. The van der Waals surface area contributed by atoms with E-state index in [1.54, 1.807) is 11.8 Å². The Hall–Kier alpha value is -2.52. The molecule has 0 aliphatic carbocycles. The number of hydrogen-bond donors (Lipinski definition) is 1. The van der Waals surface area contributed by atoms with Crippen LogP contribution in [0.4, 0.5) is 0 Å². The molecule has 3 aromatic carbocycles. The van der Waals surface area contributed by atoms with Gasteiger partial charge in [0.15, 0.2) is 0 Å². The van der Waals surface area contributed by atoms with E-state index in [0.717, 1.165) is 16.0 Å². The van der Waals surface area contributed by atoms with Gasteiger partial charge >= 0.3 is 0 Å². The summed E-state index contributed by atoms with van der Waals surface area (Å²) in [4.78, 5) is 14.1. The number of sulfonamides is 1. The molecule has 35 heavy (non-hydrogen) atoms. The number of halogens is 1. The summed E-state index contributed by atoms with van der Waals surface area (Å²) in [7, 11) is -2.53. The minimum atomic E-state index is -3.99. The second kappa shape index (κ2) is 12.4. The molecule has 0 aromatic heterocycles. The summed E-state index contributed by atoms with van der Waals surface area (Å²) < 4.78 is 33.4. The van der Waals surface area contributed by atoms with E-state index in [4.69, 9.17) is 16.3 Å². The molecule has 3 aromatic rings. The molecule has 0 bridgehead atoms. The van der Waals surface area contributed by atoms with Crippen LogP contribution in [0.25, 0.3) is 0 Å². The van der Waals surface area contributed by atoms with E-state index in [1.807, 2.05) is 67.8 Å². The molecule has 1 amide bonds. The van der Waals surface area contributed by atoms with E-state index >= 15 is 0 Å². The first kappa shape index (κ1) is 27.1. The van der Waals surface area contributed by atoms with Crippen molar-refractivity contribution in [1.29, 1.82) is 0 Å². The third-order valence-electron chi connectivity index (χ3n) is 5.57. The molecule has 1 N–H and O–H groups in total. The Morgan fingerprint density at radius 1 is 1.09 bits per heavy atom. The van der Waals surface area contributed by atoms with Crippen molar-refractivity contribution in [2.75, 3.05) is 26.5 Å². The van der Waals surface area contributed by atoms with Crippen molar-refractivity contribution in [2.24, 2.45) is 0 Å². The zero-order valence-electron chi connectivity index (χ0n) is 19.9. The van der Waals surface area contributed by atoms with Crippen LogP contribution in [0.3, 0.4) is 0 Å². The lowest BCUT2D eigenvalue weighted by Crippen LogP contribution is -2.42. The van der Waals surface area contributed by atoms with Crippen LogP contribution in [0.2, 0.25) is 5.02 Å². The number of carbonyl (C=O) groups is 1. The number of ether oxygens (including phenoxy) is 1. The van der Waals surface area contributed by atoms with Crippen molar-refractivity contribution in [1.82, 2.24) is 9.62 Å². The Bertz CT molecular complexity index is 1240. The monoisotopic (exact) mass is 532 g/mol. The van der Waals surface area contributed by atoms with Crippen LogP contribution >= 0.6 is 23.4 Å². The van der Waals surface area contributed by atoms with Crippen LogP contribution in [0.5, 0.6) is 5.75 Å². The van der Waals surface area contributed by atoms with Gasteiger partial charge in [0, 0.05) is 11.4 Å². The van der Waals surface area contributed by atoms with Gasteiger partial charge in [-0.05, 0) is 61.1 Å². The van der Waals surface area contributed by atoms with Gasteiger partial charge in [-0.1, -0.05) is 54.1 Å². The number of thioether (sulfide) groups is 1. The third kappa shape index (κ3) is 7.24. The zero-order chi connectivity index (χ0) is 25.4. The van der Waals surface area contributed by atoms with Crippen molar-refractivity contribution in [3.05, 3.63) is 88.9 Å². The van der Waals surface area contributed by atoms with Crippen LogP contribution < -0.4 is 10.1 Å². The molecule has 0 radical (unpaired) electrons. The SMILES string of the molecule is COc1ccc(S(=O)(=O)N(CCc2ccccc2)CC(=O)N[C@@H](C)c2ccc(SC)cc2)cc1Cl. The van der Waals surface area contributed by atoms with Crippen molar-refractivity contribution < 1.29 is 17.9 Å². The number of methoxy groups -OCH3 is 1. The predicted octanol–water partition coefficient (Wildman–Crippen LogP) is 5.18. The lowest BCUT2D eigenvalue weighted by atomic mass is 10.1. The van der Waals surface area contributed by atoms with E-state index in [1.165, 1.54) is 29.6 Å². The molecule has 0 heterocycles. The summed E-state index contributed by atoms with van der Waals surface area (Å²) in [6.45, 7) is 1.70. The molecule has 186 valence electrons. The Kier molecular flexibility index (Phi) is 9.63. The first-order valence-electron chi connectivity index (χ1n) is 11.1. The number of amides is 1. The van der Waals surface area contributed by atoms with Gasteiger partial charge in [-0.2, -0.15) is 4.31 Å². The molecule has 0 saturated carbocycles. The highest BCUT2D eigenvalue weighted by Gasteiger charge is 2.28. The topological polar surface area (TPSA) is 75.7 Å². The molecule has 0 fully saturated rings. The van der Waals surface area contributed by atoms with Crippen molar-refractivity contribution >= 4 is 39.3 Å². The Morgan fingerprint density at radius 2 is 1.77 bits per heavy atom. The highest BCUT2D eigenvalue weighted by atomic mass is 35.5. The molecule has 1 atom stereocenters. The molecule has 0 saturated heterocycles. The molecular formula is C26H29ClN2O4S2. The summed E-state index contributed by atoms with van der Waals surface area (Å²) in [6, 6.07) is 21.5. The van der Waals surface area contributed by atoms with E-state index in [9.17, 15) is 13.2 Å². The summed E-state index contributed by atoms with van der Waals surface area (Å²) in [5.41, 5.74) is 1.92. The standard InChI is InChI=1S/C26H29ClN2O4S2/c1-19(21-9-11-22(34-3)12-10-21)28-26(30)18-29(16-15-20-7-5-4-6-8-20)35(31,32)23-13-14-25(33-2)24(27)17-23/h4-14,17,19H,15-16,18H2,1-3H3,(H,28,30)/t19-/m0/s1. The fourth-order valence-electron chi connectivity index (χ4n) is 3.56. The maximum atomic E-state index is 13.5. The largest absolute Gasteiger partial charge is 0.495 e. The van der Waals surface area contributed by atoms with E-state index in [2.05, 4.69) is 5.32 Å².